The van der Waals surface area contributed by atoms with Crippen molar-refractivity contribution < 1.29 is 0 Å². The predicted octanol–water partition coefficient (Wildman–Crippen LogP) is 6.38. The molecule has 2 saturated carbocycles. The maximum Gasteiger partial charge on any atom is 0.127 e. The number of rotatable bonds is 3. The van der Waals surface area contributed by atoms with E-state index < -0.39 is 0 Å². The van der Waals surface area contributed by atoms with E-state index in [1.165, 1.54) is 100 Å². The molecule has 5 aliphatic rings. The van der Waals surface area contributed by atoms with Crippen molar-refractivity contribution in [3.63, 3.8) is 0 Å². The van der Waals surface area contributed by atoms with Crippen LogP contribution in [0.1, 0.15) is 108 Å². The smallest absolute Gasteiger partial charge is 0.127 e. The van der Waals surface area contributed by atoms with Crippen molar-refractivity contribution in [2.24, 2.45) is 11.8 Å². The van der Waals surface area contributed by atoms with Gasteiger partial charge in [-0.15, -0.1) is 0 Å². The van der Waals surface area contributed by atoms with Gasteiger partial charge in [0.2, 0.25) is 0 Å². The standard InChI is InChI=1S/C29H42N4/c1-2-8-21-15-20(7-1)16-24(17-21)32-22-9-5-10-23(32)19-25(18-22)33-28-13-4-3-11-26(28)31-29(33)27-12-6-14-30-27/h3-4,11,13,20-25,27,30H,1-2,5-10,12,14-19H2/t20-,21+,22-,23+,24-,25+,27-/m0/s1. The Bertz CT molecular complexity index is 947. The van der Waals surface area contributed by atoms with Crippen LogP contribution in [-0.2, 0) is 0 Å². The van der Waals surface area contributed by atoms with E-state index in [2.05, 4.69) is 39.0 Å². The van der Waals surface area contributed by atoms with Crippen LogP contribution in [0.3, 0.4) is 0 Å². The minimum atomic E-state index is 0.441. The molecule has 3 aliphatic heterocycles. The van der Waals surface area contributed by atoms with Crippen LogP contribution < -0.4 is 5.32 Å². The SMILES string of the molecule is c1ccc2c(c1)nc([C@@H]1CCCN1)n2[C@H]1C[C@H]2CCC[C@@H](C1)N2[C@@H]1C[C@@H]2CCCC[C@@H](C2)C1. The van der Waals surface area contributed by atoms with E-state index in [1.807, 2.05) is 0 Å². The van der Waals surface area contributed by atoms with Crippen molar-refractivity contribution in [3.05, 3.63) is 30.1 Å². The first kappa shape index (κ1) is 20.9. The first-order valence-electron chi connectivity index (χ1n) is 14.3. The van der Waals surface area contributed by atoms with Crippen LogP contribution in [0.5, 0.6) is 0 Å². The Kier molecular flexibility index (Phi) is 5.51. The number of imidazole rings is 1. The van der Waals surface area contributed by atoms with Crippen molar-refractivity contribution >= 4 is 11.0 Å². The highest BCUT2D eigenvalue weighted by molar-refractivity contribution is 5.76. The van der Waals surface area contributed by atoms with Crippen LogP contribution in [-0.4, -0.2) is 39.1 Å². The molecule has 4 heterocycles. The minimum Gasteiger partial charge on any atom is -0.323 e. The second kappa shape index (κ2) is 8.68. The summed E-state index contributed by atoms with van der Waals surface area (Å²) in [6.45, 7) is 1.14. The van der Waals surface area contributed by atoms with Gasteiger partial charge in [0.15, 0.2) is 0 Å². The summed E-state index contributed by atoms with van der Waals surface area (Å²) in [5.74, 6) is 3.37. The zero-order chi connectivity index (χ0) is 21.8. The van der Waals surface area contributed by atoms with E-state index in [4.69, 9.17) is 4.98 Å². The lowest BCUT2D eigenvalue weighted by Crippen LogP contribution is -2.58. The normalized spacial score (nSPS) is 39.6. The molecule has 1 aromatic heterocycles. The Morgan fingerprint density at radius 2 is 1.45 bits per heavy atom. The molecule has 2 aromatic rings. The first-order valence-corrected chi connectivity index (χ1v) is 14.3. The van der Waals surface area contributed by atoms with Gasteiger partial charge in [0.05, 0.1) is 17.1 Å². The molecule has 0 amide bonds. The molecule has 3 saturated heterocycles. The molecule has 0 spiro atoms. The third kappa shape index (κ3) is 3.76. The molecule has 7 rings (SSSR count). The number of hydrogen-bond donors (Lipinski definition) is 1. The summed E-state index contributed by atoms with van der Waals surface area (Å²) < 4.78 is 2.71. The number of nitrogens with one attached hydrogen (secondary N) is 1. The van der Waals surface area contributed by atoms with Crippen LogP contribution in [0, 0.1) is 11.8 Å². The molecule has 4 nitrogen and oxygen atoms in total. The third-order valence-electron chi connectivity index (χ3n) is 10.1. The zero-order valence-corrected chi connectivity index (χ0v) is 20.3. The number of piperidine rings is 2. The lowest BCUT2D eigenvalue weighted by molar-refractivity contribution is -0.0421. The molecular formula is C29H42N4. The quantitative estimate of drug-likeness (QED) is 0.594. The Hall–Kier alpha value is -1.39. The average molecular weight is 447 g/mol. The average Bonchev–Trinajstić information content (AvgIpc) is 3.45. The van der Waals surface area contributed by atoms with Crippen LogP contribution in [0.25, 0.3) is 11.0 Å². The van der Waals surface area contributed by atoms with Crippen LogP contribution >= 0.6 is 0 Å². The van der Waals surface area contributed by atoms with Gasteiger partial charge in [0.25, 0.3) is 0 Å². The summed E-state index contributed by atoms with van der Waals surface area (Å²) in [6.07, 6.45) is 20.0. The van der Waals surface area contributed by atoms with E-state index >= 15 is 0 Å². The molecule has 5 fully saturated rings. The zero-order valence-electron chi connectivity index (χ0n) is 20.3. The fraction of sp³-hybridized carbons (Fsp3) is 0.759. The summed E-state index contributed by atoms with van der Waals surface area (Å²) in [5.41, 5.74) is 2.58. The number of fused-ring (bicyclic) bond motifs is 5. The molecule has 0 unspecified atom stereocenters. The van der Waals surface area contributed by atoms with Crippen LogP contribution in [0.4, 0.5) is 0 Å². The topological polar surface area (TPSA) is 33.1 Å². The van der Waals surface area contributed by atoms with E-state index in [-0.39, 0.29) is 0 Å². The predicted molar refractivity (Wildman–Crippen MR) is 134 cm³/mol. The van der Waals surface area contributed by atoms with Crippen LogP contribution in [0.2, 0.25) is 0 Å². The first-order chi connectivity index (χ1) is 16.3. The van der Waals surface area contributed by atoms with Gasteiger partial charge in [-0.25, -0.2) is 4.98 Å². The maximum atomic E-state index is 5.21. The van der Waals surface area contributed by atoms with Gasteiger partial charge < -0.3 is 9.88 Å². The van der Waals surface area contributed by atoms with E-state index in [0.717, 1.165) is 36.5 Å². The van der Waals surface area contributed by atoms with Crippen molar-refractivity contribution in [1.82, 2.24) is 19.8 Å². The molecule has 0 radical (unpaired) electrons. The van der Waals surface area contributed by atoms with Gasteiger partial charge in [-0.1, -0.05) is 44.2 Å². The van der Waals surface area contributed by atoms with E-state index in [1.54, 1.807) is 6.42 Å². The Morgan fingerprint density at radius 3 is 2.18 bits per heavy atom. The highest BCUT2D eigenvalue weighted by Gasteiger charge is 2.45. The molecule has 1 aromatic carbocycles. The summed E-state index contributed by atoms with van der Waals surface area (Å²) in [6, 6.07) is 12.4. The van der Waals surface area contributed by atoms with Gasteiger partial charge >= 0.3 is 0 Å². The number of para-hydroxylation sites is 2. The van der Waals surface area contributed by atoms with Crippen molar-refractivity contribution in [2.45, 2.75) is 120 Å². The van der Waals surface area contributed by atoms with Gasteiger partial charge in [0.1, 0.15) is 5.82 Å². The molecule has 7 atom stereocenters. The monoisotopic (exact) mass is 446 g/mol. The Balaban J connectivity index is 1.19. The minimum absolute atomic E-state index is 0.441. The summed E-state index contributed by atoms with van der Waals surface area (Å²) in [5, 5.41) is 3.76. The largest absolute Gasteiger partial charge is 0.323 e. The summed E-state index contributed by atoms with van der Waals surface area (Å²) >= 11 is 0. The number of benzene rings is 1. The second-order valence-electron chi connectivity index (χ2n) is 12.2. The number of nitrogens with zero attached hydrogens (tertiary/aromatic N) is 3. The fourth-order valence-electron chi connectivity index (χ4n) is 8.90. The highest BCUT2D eigenvalue weighted by Crippen LogP contribution is 2.47. The van der Waals surface area contributed by atoms with Crippen molar-refractivity contribution in [2.75, 3.05) is 6.54 Å². The molecule has 2 aliphatic carbocycles. The Labute approximate surface area is 199 Å². The van der Waals surface area contributed by atoms with E-state index in [0.29, 0.717) is 12.1 Å². The highest BCUT2D eigenvalue weighted by atomic mass is 15.3. The molecule has 33 heavy (non-hydrogen) atoms. The lowest BCUT2D eigenvalue weighted by Gasteiger charge is -2.54. The molecule has 4 heteroatoms. The van der Waals surface area contributed by atoms with Crippen LogP contribution in [0.15, 0.2) is 24.3 Å². The van der Waals surface area contributed by atoms with Crippen molar-refractivity contribution in [3.8, 4) is 0 Å². The van der Waals surface area contributed by atoms with Gasteiger partial charge in [-0.05, 0) is 88.3 Å². The number of aromatic nitrogens is 2. The summed E-state index contributed by atoms with van der Waals surface area (Å²) in [7, 11) is 0. The molecular weight excluding hydrogens is 404 g/mol. The third-order valence-corrected chi connectivity index (χ3v) is 10.1. The molecule has 178 valence electrons. The van der Waals surface area contributed by atoms with E-state index in [9.17, 15) is 0 Å². The maximum absolute atomic E-state index is 5.21. The fourth-order valence-corrected chi connectivity index (χ4v) is 8.90. The van der Waals surface area contributed by atoms with Gasteiger partial charge in [0, 0.05) is 24.2 Å². The van der Waals surface area contributed by atoms with Gasteiger partial charge in [-0.3, -0.25) is 4.90 Å². The van der Waals surface area contributed by atoms with Gasteiger partial charge in [-0.2, -0.15) is 0 Å². The summed E-state index contributed by atoms with van der Waals surface area (Å²) in [4.78, 5) is 8.32. The molecule has 1 N–H and O–H groups in total. The Morgan fingerprint density at radius 1 is 0.697 bits per heavy atom. The lowest BCUT2D eigenvalue weighted by atomic mass is 9.73. The molecule has 4 bridgehead atoms. The van der Waals surface area contributed by atoms with Crippen molar-refractivity contribution in [1.29, 1.82) is 0 Å². The number of hydrogen-bond acceptors (Lipinski definition) is 3. The second-order valence-corrected chi connectivity index (χ2v) is 12.2.